The Hall–Kier alpha value is -1.11. The second kappa shape index (κ2) is 7.26. The molecule has 0 aliphatic carbocycles. The Bertz CT molecular complexity index is 373. The Balaban J connectivity index is 2.14. The highest BCUT2D eigenvalue weighted by Gasteiger charge is 2.08. The molecule has 1 unspecified atom stereocenters. The molecule has 94 valence electrons. The molecule has 0 aromatic heterocycles. The molecule has 1 aromatic rings. The molecule has 1 aromatic carbocycles. The zero-order valence-electron chi connectivity index (χ0n) is 9.23. The van der Waals surface area contributed by atoms with Gasteiger partial charge in [-0.05, 0) is 18.2 Å². The summed E-state index contributed by atoms with van der Waals surface area (Å²) >= 11 is 3.34. The van der Waals surface area contributed by atoms with Crippen LogP contribution in [0.2, 0.25) is 0 Å². The molecule has 1 rings (SSSR count). The third-order valence-electron chi connectivity index (χ3n) is 2.01. The number of primary amides is 1. The number of benzene rings is 1. The van der Waals surface area contributed by atoms with Gasteiger partial charge in [-0.25, -0.2) is 0 Å². The maximum Gasteiger partial charge on any atom is 0.247 e. The molecule has 1 amide bonds. The van der Waals surface area contributed by atoms with Crippen LogP contribution in [0, 0.1) is 0 Å². The number of ether oxygens (including phenoxy) is 1. The van der Waals surface area contributed by atoms with Crippen LogP contribution >= 0.6 is 15.9 Å². The lowest BCUT2D eigenvalue weighted by Gasteiger charge is -2.09. The van der Waals surface area contributed by atoms with E-state index in [0.29, 0.717) is 13.2 Å². The van der Waals surface area contributed by atoms with E-state index >= 15 is 0 Å². The summed E-state index contributed by atoms with van der Waals surface area (Å²) in [4.78, 5) is 10.5. The molecule has 0 saturated heterocycles. The first-order chi connectivity index (χ1) is 8.09. The highest BCUT2D eigenvalue weighted by Crippen LogP contribution is 2.17. The molecule has 1 atom stereocenters. The van der Waals surface area contributed by atoms with Crippen molar-refractivity contribution in [3.05, 3.63) is 28.7 Å². The first-order valence-corrected chi connectivity index (χ1v) is 5.95. The number of hydrogen-bond acceptors (Lipinski definition) is 4. The molecule has 0 bridgehead atoms. The Kier molecular flexibility index (Phi) is 5.96. The summed E-state index contributed by atoms with van der Waals surface area (Å²) in [5.41, 5.74) is 4.89. The van der Waals surface area contributed by atoms with Gasteiger partial charge in [-0.15, -0.1) is 0 Å². The summed E-state index contributed by atoms with van der Waals surface area (Å²) < 4.78 is 6.39. The van der Waals surface area contributed by atoms with Crippen molar-refractivity contribution in [3.63, 3.8) is 0 Å². The van der Waals surface area contributed by atoms with Crippen molar-refractivity contribution in [3.8, 4) is 5.75 Å². The number of aliphatic hydroxyl groups excluding tert-OH is 1. The van der Waals surface area contributed by atoms with Crippen molar-refractivity contribution in [2.75, 3.05) is 19.7 Å². The lowest BCUT2D eigenvalue weighted by molar-refractivity contribution is -0.125. The fourth-order valence-electron chi connectivity index (χ4n) is 1.14. The van der Waals surface area contributed by atoms with Gasteiger partial charge in [0.15, 0.2) is 0 Å². The zero-order chi connectivity index (χ0) is 12.7. The fraction of sp³-hybridized carbons (Fsp3) is 0.364. The summed E-state index contributed by atoms with van der Waals surface area (Å²) in [5, 5.41) is 12.0. The van der Waals surface area contributed by atoms with Crippen LogP contribution in [-0.4, -0.2) is 36.8 Å². The van der Waals surface area contributed by atoms with E-state index in [-0.39, 0.29) is 6.54 Å². The standard InChI is InChI=1S/C11H15BrN2O3/c12-8-2-1-3-9(6-8)17-5-4-14-7-10(15)11(13)16/h1-3,6,10,14-15H,4-5,7H2,(H2,13,16). The van der Waals surface area contributed by atoms with Crippen molar-refractivity contribution in [2.45, 2.75) is 6.10 Å². The largest absolute Gasteiger partial charge is 0.492 e. The van der Waals surface area contributed by atoms with E-state index in [4.69, 9.17) is 15.6 Å². The number of amides is 1. The monoisotopic (exact) mass is 302 g/mol. The third kappa shape index (κ3) is 5.67. The lowest BCUT2D eigenvalue weighted by atomic mass is 10.3. The first-order valence-electron chi connectivity index (χ1n) is 5.16. The van der Waals surface area contributed by atoms with E-state index in [9.17, 15) is 4.79 Å². The Morgan fingerprint density at radius 2 is 2.35 bits per heavy atom. The molecule has 17 heavy (non-hydrogen) atoms. The number of hydrogen-bond donors (Lipinski definition) is 3. The predicted molar refractivity (Wildman–Crippen MR) is 67.7 cm³/mol. The van der Waals surface area contributed by atoms with Gasteiger partial charge >= 0.3 is 0 Å². The van der Waals surface area contributed by atoms with Gasteiger partial charge in [0, 0.05) is 17.6 Å². The maximum atomic E-state index is 10.5. The van der Waals surface area contributed by atoms with E-state index in [1.807, 2.05) is 24.3 Å². The normalized spacial score (nSPS) is 12.1. The Labute approximate surface area is 108 Å². The lowest BCUT2D eigenvalue weighted by Crippen LogP contribution is -2.38. The van der Waals surface area contributed by atoms with Gasteiger partial charge in [0.25, 0.3) is 0 Å². The number of carbonyl (C=O) groups excluding carboxylic acids is 1. The minimum atomic E-state index is -1.15. The van der Waals surface area contributed by atoms with Crippen LogP contribution in [-0.2, 0) is 4.79 Å². The van der Waals surface area contributed by atoms with Gasteiger partial charge in [0.1, 0.15) is 18.5 Å². The quantitative estimate of drug-likeness (QED) is 0.631. The van der Waals surface area contributed by atoms with Gasteiger partial charge in [0.2, 0.25) is 5.91 Å². The number of rotatable bonds is 7. The summed E-state index contributed by atoms with van der Waals surface area (Å²) in [6.07, 6.45) is -1.15. The molecule has 0 fully saturated rings. The van der Waals surface area contributed by atoms with Crippen molar-refractivity contribution < 1.29 is 14.6 Å². The highest BCUT2D eigenvalue weighted by molar-refractivity contribution is 9.10. The van der Waals surface area contributed by atoms with Crippen molar-refractivity contribution in [1.29, 1.82) is 0 Å². The molecule has 0 aliphatic heterocycles. The Morgan fingerprint density at radius 1 is 1.59 bits per heavy atom. The number of carbonyl (C=O) groups is 1. The number of halogens is 1. The first kappa shape index (κ1) is 14.0. The second-order valence-corrected chi connectivity index (χ2v) is 4.34. The zero-order valence-corrected chi connectivity index (χ0v) is 10.8. The molecule has 4 N–H and O–H groups in total. The molecule has 0 radical (unpaired) electrons. The van der Waals surface area contributed by atoms with Crippen molar-refractivity contribution in [2.24, 2.45) is 5.73 Å². The van der Waals surface area contributed by atoms with Crippen molar-refractivity contribution >= 4 is 21.8 Å². The molecule has 0 spiro atoms. The van der Waals surface area contributed by atoms with E-state index in [1.54, 1.807) is 0 Å². The molecule has 0 saturated carbocycles. The van der Waals surface area contributed by atoms with Crippen LogP contribution in [0.5, 0.6) is 5.75 Å². The minimum Gasteiger partial charge on any atom is -0.492 e. The summed E-state index contributed by atoms with van der Waals surface area (Å²) in [6, 6.07) is 7.50. The number of nitrogens with two attached hydrogens (primary N) is 1. The van der Waals surface area contributed by atoms with Crippen LogP contribution in [0.3, 0.4) is 0 Å². The van der Waals surface area contributed by atoms with Crippen LogP contribution in [0.1, 0.15) is 0 Å². The minimum absolute atomic E-state index is 0.136. The smallest absolute Gasteiger partial charge is 0.247 e. The average Bonchev–Trinajstić information content (AvgIpc) is 2.28. The Morgan fingerprint density at radius 3 is 3.00 bits per heavy atom. The van der Waals surface area contributed by atoms with E-state index in [1.165, 1.54) is 0 Å². The number of nitrogens with one attached hydrogen (secondary N) is 1. The molecule has 5 nitrogen and oxygen atoms in total. The molecular weight excluding hydrogens is 288 g/mol. The molecule has 6 heteroatoms. The van der Waals surface area contributed by atoms with Crippen molar-refractivity contribution in [1.82, 2.24) is 5.32 Å². The van der Waals surface area contributed by atoms with Gasteiger partial charge in [0.05, 0.1) is 0 Å². The molecule has 0 heterocycles. The van der Waals surface area contributed by atoms with Gasteiger partial charge in [-0.3, -0.25) is 4.79 Å². The SMILES string of the molecule is NC(=O)C(O)CNCCOc1cccc(Br)c1. The predicted octanol–water partition coefficient (Wildman–Crippen LogP) is 0.264. The highest BCUT2D eigenvalue weighted by atomic mass is 79.9. The molecule has 0 aliphatic rings. The average molecular weight is 303 g/mol. The summed E-state index contributed by atoms with van der Waals surface area (Å²) in [6.45, 7) is 1.11. The van der Waals surface area contributed by atoms with Crippen LogP contribution in [0.15, 0.2) is 28.7 Å². The third-order valence-corrected chi connectivity index (χ3v) is 2.50. The van der Waals surface area contributed by atoms with E-state index in [0.717, 1.165) is 10.2 Å². The van der Waals surface area contributed by atoms with Gasteiger partial charge < -0.3 is 20.9 Å². The van der Waals surface area contributed by atoms with E-state index < -0.39 is 12.0 Å². The number of aliphatic hydroxyl groups is 1. The maximum absolute atomic E-state index is 10.5. The molecular formula is C11H15BrN2O3. The van der Waals surface area contributed by atoms with Crippen LogP contribution in [0.4, 0.5) is 0 Å². The van der Waals surface area contributed by atoms with Crippen LogP contribution < -0.4 is 15.8 Å². The van der Waals surface area contributed by atoms with E-state index in [2.05, 4.69) is 21.2 Å². The topological polar surface area (TPSA) is 84.6 Å². The fourth-order valence-corrected chi connectivity index (χ4v) is 1.52. The van der Waals surface area contributed by atoms with Crippen LogP contribution in [0.25, 0.3) is 0 Å². The van der Waals surface area contributed by atoms with Gasteiger partial charge in [-0.1, -0.05) is 22.0 Å². The summed E-state index contributed by atoms with van der Waals surface area (Å²) in [5.74, 6) is 0.0297. The summed E-state index contributed by atoms with van der Waals surface area (Å²) in [7, 11) is 0. The second-order valence-electron chi connectivity index (χ2n) is 3.43. The van der Waals surface area contributed by atoms with Gasteiger partial charge in [-0.2, -0.15) is 0 Å².